The van der Waals surface area contributed by atoms with Crippen LogP contribution in [-0.4, -0.2) is 28.6 Å². The number of aromatic nitrogens is 2. The molecule has 96 valence electrons. The molecule has 1 aliphatic rings. The van der Waals surface area contributed by atoms with Crippen molar-refractivity contribution in [2.45, 2.75) is 38.3 Å². The zero-order chi connectivity index (χ0) is 12.5. The molecule has 1 heterocycles. The number of halogens is 1. The Morgan fingerprint density at radius 2 is 2.47 bits per heavy atom. The van der Waals surface area contributed by atoms with Crippen molar-refractivity contribution >= 4 is 15.9 Å². The lowest BCUT2D eigenvalue weighted by Gasteiger charge is -2.24. The Bertz CT molecular complexity index is 394. The van der Waals surface area contributed by atoms with Crippen molar-refractivity contribution in [3.8, 4) is 0 Å². The fourth-order valence-electron chi connectivity index (χ4n) is 2.65. The highest BCUT2D eigenvalue weighted by Gasteiger charge is 2.40. The second-order valence-corrected chi connectivity index (χ2v) is 5.79. The third-order valence-electron chi connectivity index (χ3n) is 3.48. The average Bonchev–Trinajstić information content (AvgIpc) is 2.80. The van der Waals surface area contributed by atoms with Crippen LogP contribution in [0.3, 0.4) is 0 Å². The van der Waals surface area contributed by atoms with Crippen molar-refractivity contribution in [1.82, 2.24) is 9.78 Å². The first-order valence-electron chi connectivity index (χ1n) is 6.00. The number of methoxy groups -OCH3 is 1. The van der Waals surface area contributed by atoms with Crippen LogP contribution in [0.2, 0.25) is 0 Å². The molecule has 1 aromatic heterocycles. The summed E-state index contributed by atoms with van der Waals surface area (Å²) in [5, 5.41) is 15.0. The number of hydrogen-bond donors (Lipinski definition) is 1. The summed E-state index contributed by atoms with van der Waals surface area (Å²) >= 11 is 3.49. The summed E-state index contributed by atoms with van der Waals surface area (Å²) in [6.07, 6.45) is 4.44. The summed E-state index contributed by atoms with van der Waals surface area (Å²) < 4.78 is 7.82. The summed E-state index contributed by atoms with van der Waals surface area (Å²) in [6, 6.07) is 0. The van der Waals surface area contributed by atoms with Crippen molar-refractivity contribution in [2.24, 2.45) is 5.92 Å². The van der Waals surface area contributed by atoms with Gasteiger partial charge in [0.15, 0.2) is 0 Å². The Labute approximate surface area is 110 Å². The van der Waals surface area contributed by atoms with Gasteiger partial charge >= 0.3 is 0 Å². The molecule has 1 aliphatic carbocycles. The van der Waals surface area contributed by atoms with Crippen molar-refractivity contribution in [3.05, 3.63) is 16.4 Å². The monoisotopic (exact) mass is 302 g/mol. The van der Waals surface area contributed by atoms with Gasteiger partial charge in [0.25, 0.3) is 0 Å². The molecule has 17 heavy (non-hydrogen) atoms. The normalized spacial score (nSPS) is 28.8. The highest BCUT2D eigenvalue weighted by atomic mass is 79.9. The molecular weight excluding hydrogens is 284 g/mol. The Kier molecular flexibility index (Phi) is 3.90. The summed E-state index contributed by atoms with van der Waals surface area (Å²) in [5.74, 6) is 0.567. The van der Waals surface area contributed by atoms with Crippen LogP contribution in [0.25, 0.3) is 0 Å². The maximum atomic E-state index is 10.8. The van der Waals surface area contributed by atoms with E-state index in [0.29, 0.717) is 19.1 Å². The summed E-state index contributed by atoms with van der Waals surface area (Å²) in [4.78, 5) is 0. The smallest absolute Gasteiger partial charge is 0.108 e. The van der Waals surface area contributed by atoms with Crippen LogP contribution in [0.1, 0.15) is 31.9 Å². The minimum atomic E-state index is -0.734. The van der Waals surface area contributed by atoms with Gasteiger partial charge in [-0.3, -0.25) is 4.68 Å². The average molecular weight is 303 g/mol. The molecule has 1 N–H and O–H groups in total. The lowest BCUT2D eigenvalue weighted by molar-refractivity contribution is 0.0292. The van der Waals surface area contributed by atoms with E-state index < -0.39 is 5.60 Å². The highest BCUT2D eigenvalue weighted by Crippen LogP contribution is 2.44. The number of nitrogens with zero attached hydrogens (tertiary/aromatic N) is 2. The Morgan fingerprint density at radius 3 is 3.06 bits per heavy atom. The van der Waals surface area contributed by atoms with Gasteiger partial charge in [-0.25, -0.2) is 0 Å². The number of ether oxygens (including phenoxy) is 1. The molecule has 2 unspecified atom stereocenters. The first-order chi connectivity index (χ1) is 8.07. The van der Waals surface area contributed by atoms with E-state index >= 15 is 0 Å². The predicted octanol–water partition coefficient (Wildman–Crippen LogP) is 2.30. The van der Waals surface area contributed by atoms with Gasteiger partial charge in [0.2, 0.25) is 0 Å². The van der Waals surface area contributed by atoms with E-state index in [0.717, 1.165) is 29.4 Å². The second-order valence-electron chi connectivity index (χ2n) is 4.94. The lowest BCUT2D eigenvalue weighted by Crippen LogP contribution is -2.27. The van der Waals surface area contributed by atoms with Gasteiger partial charge in [-0.15, -0.1) is 0 Å². The van der Waals surface area contributed by atoms with Crippen LogP contribution in [0.15, 0.2) is 10.7 Å². The molecule has 0 amide bonds. The Morgan fingerprint density at radius 1 is 1.71 bits per heavy atom. The molecule has 0 aliphatic heterocycles. The fourth-order valence-corrected chi connectivity index (χ4v) is 3.32. The van der Waals surface area contributed by atoms with E-state index in [9.17, 15) is 5.11 Å². The van der Waals surface area contributed by atoms with Gasteiger partial charge in [0, 0.05) is 7.11 Å². The number of aliphatic hydroxyl groups is 1. The SMILES string of the molecule is COCCn1ncc(Br)c1C1(O)CCC(C)C1. The predicted molar refractivity (Wildman–Crippen MR) is 68.7 cm³/mol. The zero-order valence-corrected chi connectivity index (χ0v) is 11.9. The summed E-state index contributed by atoms with van der Waals surface area (Å²) in [7, 11) is 1.67. The molecule has 4 nitrogen and oxygen atoms in total. The van der Waals surface area contributed by atoms with Crippen LogP contribution in [0, 0.1) is 5.92 Å². The fraction of sp³-hybridized carbons (Fsp3) is 0.750. The van der Waals surface area contributed by atoms with Crippen LogP contribution >= 0.6 is 15.9 Å². The van der Waals surface area contributed by atoms with Crippen molar-refractivity contribution in [3.63, 3.8) is 0 Å². The third-order valence-corrected chi connectivity index (χ3v) is 4.06. The molecule has 0 spiro atoms. The van der Waals surface area contributed by atoms with E-state index in [4.69, 9.17) is 4.74 Å². The molecule has 0 bridgehead atoms. The van der Waals surface area contributed by atoms with Crippen molar-refractivity contribution in [2.75, 3.05) is 13.7 Å². The Hall–Kier alpha value is -0.390. The minimum absolute atomic E-state index is 0.567. The molecule has 0 radical (unpaired) electrons. The van der Waals surface area contributed by atoms with Crippen LogP contribution < -0.4 is 0 Å². The lowest BCUT2D eigenvalue weighted by atomic mass is 9.96. The summed E-state index contributed by atoms with van der Waals surface area (Å²) in [5.41, 5.74) is 0.168. The maximum Gasteiger partial charge on any atom is 0.108 e. The molecule has 0 aromatic carbocycles. The molecule has 5 heteroatoms. The van der Waals surface area contributed by atoms with Crippen LogP contribution in [0.5, 0.6) is 0 Å². The van der Waals surface area contributed by atoms with Crippen LogP contribution in [-0.2, 0) is 16.9 Å². The number of rotatable bonds is 4. The van der Waals surface area contributed by atoms with E-state index in [2.05, 4.69) is 28.0 Å². The first kappa shape index (κ1) is 13.1. The standard InChI is InChI=1S/C12H19BrN2O2/c1-9-3-4-12(16,7-9)11-10(13)8-14-15(11)5-6-17-2/h8-9,16H,3-7H2,1-2H3. The van der Waals surface area contributed by atoms with Gasteiger partial charge in [0.05, 0.1) is 29.5 Å². The molecule has 1 fully saturated rings. The second kappa shape index (κ2) is 5.08. The van der Waals surface area contributed by atoms with Gasteiger partial charge in [-0.05, 0) is 41.1 Å². The zero-order valence-electron chi connectivity index (χ0n) is 10.3. The van der Waals surface area contributed by atoms with Gasteiger partial charge in [-0.2, -0.15) is 5.10 Å². The largest absolute Gasteiger partial charge is 0.384 e. The van der Waals surface area contributed by atoms with E-state index in [1.165, 1.54) is 0 Å². The topological polar surface area (TPSA) is 47.3 Å². The van der Waals surface area contributed by atoms with Crippen molar-refractivity contribution < 1.29 is 9.84 Å². The molecule has 1 saturated carbocycles. The van der Waals surface area contributed by atoms with E-state index in [-0.39, 0.29) is 0 Å². The summed E-state index contributed by atoms with van der Waals surface area (Å²) in [6.45, 7) is 3.46. The minimum Gasteiger partial charge on any atom is -0.384 e. The number of hydrogen-bond acceptors (Lipinski definition) is 3. The van der Waals surface area contributed by atoms with E-state index in [1.54, 1.807) is 13.3 Å². The van der Waals surface area contributed by atoms with Crippen LogP contribution in [0.4, 0.5) is 0 Å². The molecule has 0 saturated heterocycles. The first-order valence-corrected chi connectivity index (χ1v) is 6.79. The molecule has 1 aromatic rings. The van der Waals surface area contributed by atoms with Gasteiger partial charge in [0.1, 0.15) is 5.60 Å². The van der Waals surface area contributed by atoms with Gasteiger partial charge < -0.3 is 9.84 Å². The molecule has 2 atom stereocenters. The molecule has 2 rings (SSSR count). The highest BCUT2D eigenvalue weighted by molar-refractivity contribution is 9.10. The quantitative estimate of drug-likeness (QED) is 0.928. The Balaban J connectivity index is 2.27. The van der Waals surface area contributed by atoms with Gasteiger partial charge in [-0.1, -0.05) is 6.92 Å². The maximum absolute atomic E-state index is 10.8. The molecular formula is C12H19BrN2O2. The third kappa shape index (κ3) is 2.56. The van der Waals surface area contributed by atoms with E-state index in [1.807, 2.05) is 4.68 Å². The van der Waals surface area contributed by atoms with Crippen molar-refractivity contribution in [1.29, 1.82) is 0 Å².